The minimum atomic E-state index is -0.376. The monoisotopic (exact) mass is 499 g/mol. The highest BCUT2D eigenvalue weighted by molar-refractivity contribution is 6.42. The second kappa shape index (κ2) is 10.2. The number of anilines is 1. The van der Waals surface area contributed by atoms with Crippen LogP contribution in [0.2, 0.25) is 10.0 Å². The number of carbonyl (C=O) groups is 1. The molecule has 0 spiro atoms. The van der Waals surface area contributed by atoms with Crippen molar-refractivity contribution in [1.29, 1.82) is 0 Å². The number of amides is 1. The van der Waals surface area contributed by atoms with Crippen LogP contribution in [0.25, 0.3) is 0 Å². The van der Waals surface area contributed by atoms with Gasteiger partial charge in [0.15, 0.2) is 5.76 Å². The van der Waals surface area contributed by atoms with Crippen molar-refractivity contribution in [2.75, 3.05) is 12.4 Å². The fourth-order valence-corrected chi connectivity index (χ4v) is 3.82. The van der Waals surface area contributed by atoms with Gasteiger partial charge in [-0.2, -0.15) is 5.10 Å². The van der Waals surface area contributed by atoms with Gasteiger partial charge in [0.25, 0.3) is 5.91 Å². The summed E-state index contributed by atoms with van der Waals surface area (Å²) in [5.41, 5.74) is 3.23. The van der Waals surface area contributed by atoms with E-state index < -0.39 is 0 Å². The Morgan fingerprint density at radius 1 is 1.12 bits per heavy atom. The lowest BCUT2D eigenvalue weighted by Gasteiger charge is -2.08. The maximum Gasteiger partial charge on any atom is 0.291 e. The Labute approximate surface area is 207 Å². The molecule has 176 valence electrons. The van der Waals surface area contributed by atoms with Crippen LogP contribution in [0.1, 0.15) is 33.3 Å². The summed E-state index contributed by atoms with van der Waals surface area (Å²) in [7, 11) is 1.63. The smallest absolute Gasteiger partial charge is 0.291 e. The number of aryl methyl sites for hydroxylation is 1. The fraction of sp³-hybridized carbons (Fsp3) is 0.200. The summed E-state index contributed by atoms with van der Waals surface area (Å²) in [5.74, 6) is 1.48. The van der Waals surface area contributed by atoms with Crippen molar-refractivity contribution in [3.8, 4) is 11.5 Å². The van der Waals surface area contributed by atoms with Gasteiger partial charge in [0, 0.05) is 0 Å². The third kappa shape index (κ3) is 5.21. The summed E-state index contributed by atoms with van der Waals surface area (Å²) in [5, 5.41) is 8.21. The number of aromatic nitrogens is 2. The highest BCUT2D eigenvalue weighted by atomic mass is 35.5. The number of rotatable bonds is 8. The van der Waals surface area contributed by atoms with Crippen LogP contribution in [0.3, 0.4) is 0 Å². The molecule has 0 radical (unpaired) electrons. The van der Waals surface area contributed by atoms with Crippen LogP contribution in [0, 0.1) is 13.8 Å². The minimum Gasteiger partial charge on any atom is -0.497 e. The van der Waals surface area contributed by atoms with E-state index in [-0.39, 0.29) is 18.3 Å². The molecule has 4 rings (SSSR count). The van der Waals surface area contributed by atoms with Crippen molar-refractivity contribution in [2.24, 2.45) is 0 Å². The van der Waals surface area contributed by atoms with Gasteiger partial charge < -0.3 is 19.2 Å². The molecule has 9 heteroatoms. The van der Waals surface area contributed by atoms with E-state index in [1.54, 1.807) is 37.4 Å². The van der Waals surface area contributed by atoms with Gasteiger partial charge in [-0.25, -0.2) is 0 Å². The van der Waals surface area contributed by atoms with Crippen LogP contribution in [-0.2, 0) is 13.2 Å². The number of halogens is 2. The fourth-order valence-electron chi connectivity index (χ4n) is 3.47. The third-order valence-electron chi connectivity index (χ3n) is 5.26. The summed E-state index contributed by atoms with van der Waals surface area (Å²) < 4.78 is 18.5. The molecule has 4 aromatic rings. The number of nitrogens with one attached hydrogen (secondary N) is 1. The molecule has 2 aromatic carbocycles. The number of furan rings is 1. The van der Waals surface area contributed by atoms with Crippen LogP contribution < -0.4 is 14.8 Å². The summed E-state index contributed by atoms with van der Waals surface area (Å²) in [6, 6.07) is 16.2. The van der Waals surface area contributed by atoms with Gasteiger partial charge in [-0.3, -0.25) is 9.48 Å². The summed E-state index contributed by atoms with van der Waals surface area (Å²) in [4.78, 5) is 12.8. The minimum absolute atomic E-state index is 0.101. The topological polar surface area (TPSA) is 78.5 Å². The van der Waals surface area contributed by atoms with Crippen molar-refractivity contribution in [3.05, 3.63) is 93.1 Å². The Hall–Kier alpha value is -3.42. The molecule has 0 fully saturated rings. The Morgan fingerprint density at radius 2 is 1.91 bits per heavy atom. The van der Waals surface area contributed by atoms with Crippen molar-refractivity contribution in [1.82, 2.24) is 9.78 Å². The number of ether oxygens (including phenoxy) is 2. The van der Waals surface area contributed by atoms with Gasteiger partial charge in [-0.05, 0) is 55.8 Å². The van der Waals surface area contributed by atoms with Crippen LogP contribution in [0.4, 0.5) is 5.69 Å². The predicted octanol–water partition coefficient (Wildman–Crippen LogP) is 6.29. The first-order chi connectivity index (χ1) is 16.4. The average Bonchev–Trinajstić information content (AvgIpc) is 3.41. The molecule has 0 saturated heterocycles. The van der Waals surface area contributed by atoms with Gasteiger partial charge in [0.2, 0.25) is 0 Å². The molecule has 1 amide bonds. The van der Waals surface area contributed by atoms with Crippen LogP contribution >= 0.6 is 23.2 Å². The van der Waals surface area contributed by atoms with Crippen LogP contribution in [0.15, 0.2) is 59.0 Å². The lowest BCUT2D eigenvalue weighted by Crippen LogP contribution is -2.12. The molecule has 7 nitrogen and oxygen atoms in total. The normalized spacial score (nSPS) is 10.9. The van der Waals surface area contributed by atoms with E-state index in [2.05, 4.69) is 10.4 Å². The molecule has 0 unspecified atom stereocenters. The van der Waals surface area contributed by atoms with Crippen molar-refractivity contribution in [3.63, 3.8) is 0 Å². The quantitative estimate of drug-likeness (QED) is 0.308. The molecule has 2 heterocycles. The molecular formula is C25H23Cl2N3O4. The first-order valence-corrected chi connectivity index (χ1v) is 11.2. The van der Waals surface area contributed by atoms with Crippen LogP contribution in [0.5, 0.6) is 11.5 Å². The first-order valence-electron chi connectivity index (χ1n) is 10.5. The summed E-state index contributed by atoms with van der Waals surface area (Å²) >= 11 is 12.1. The maximum atomic E-state index is 12.8. The van der Waals surface area contributed by atoms with E-state index in [1.807, 2.05) is 42.8 Å². The van der Waals surface area contributed by atoms with E-state index in [4.69, 9.17) is 37.1 Å². The molecular weight excluding hydrogens is 477 g/mol. The molecule has 0 aliphatic rings. The van der Waals surface area contributed by atoms with E-state index in [0.29, 0.717) is 39.5 Å². The number of hydrogen-bond acceptors (Lipinski definition) is 5. The number of methoxy groups -OCH3 is 1. The molecule has 0 aliphatic heterocycles. The van der Waals surface area contributed by atoms with Gasteiger partial charge in [-0.15, -0.1) is 0 Å². The second-order valence-electron chi connectivity index (χ2n) is 7.62. The molecule has 0 bridgehead atoms. The van der Waals surface area contributed by atoms with Crippen molar-refractivity contribution >= 4 is 34.8 Å². The highest BCUT2D eigenvalue weighted by Gasteiger charge is 2.18. The van der Waals surface area contributed by atoms with Gasteiger partial charge in [0.1, 0.15) is 28.9 Å². The third-order valence-corrected chi connectivity index (χ3v) is 6.06. The van der Waals surface area contributed by atoms with E-state index in [9.17, 15) is 4.79 Å². The average molecular weight is 500 g/mol. The number of benzene rings is 2. The Kier molecular flexibility index (Phi) is 7.14. The molecule has 0 saturated carbocycles. The van der Waals surface area contributed by atoms with Gasteiger partial charge in [-0.1, -0.05) is 41.4 Å². The maximum absolute atomic E-state index is 12.8. The highest BCUT2D eigenvalue weighted by Crippen LogP contribution is 2.32. The zero-order valence-electron chi connectivity index (χ0n) is 18.9. The van der Waals surface area contributed by atoms with E-state index in [0.717, 1.165) is 17.0 Å². The SMILES string of the molecule is COc1cccc(Cn2nc(C)c(NC(=O)c3ccc(COc4cccc(Cl)c4Cl)o3)c2C)c1. The van der Waals surface area contributed by atoms with E-state index in [1.165, 1.54) is 0 Å². The molecule has 0 aliphatic carbocycles. The molecule has 34 heavy (non-hydrogen) atoms. The number of carbonyl (C=O) groups excluding carboxylic acids is 1. The Morgan fingerprint density at radius 3 is 2.71 bits per heavy atom. The standard InChI is InChI=1S/C25H23Cl2N3O4/c1-15-24(16(2)30(29-15)13-17-6-4-7-18(12-17)32-3)28-25(31)22-11-10-19(34-22)14-33-21-9-5-8-20(26)23(21)27/h4-12H,13-14H2,1-3H3,(H,28,31). The second-order valence-corrected chi connectivity index (χ2v) is 8.40. The van der Waals surface area contributed by atoms with Gasteiger partial charge >= 0.3 is 0 Å². The Balaban J connectivity index is 1.43. The lowest BCUT2D eigenvalue weighted by atomic mass is 10.2. The van der Waals surface area contributed by atoms with E-state index >= 15 is 0 Å². The molecule has 2 aromatic heterocycles. The zero-order chi connectivity index (χ0) is 24.2. The number of hydrogen-bond donors (Lipinski definition) is 1. The zero-order valence-corrected chi connectivity index (χ0v) is 20.4. The summed E-state index contributed by atoms with van der Waals surface area (Å²) in [6.45, 7) is 4.41. The summed E-state index contributed by atoms with van der Waals surface area (Å²) in [6.07, 6.45) is 0. The molecule has 1 N–H and O–H groups in total. The largest absolute Gasteiger partial charge is 0.497 e. The predicted molar refractivity (Wildman–Crippen MR) is 131 cm³/mol. The van der Waals surface area contributed by atoms with Gasteiger partial charge in [0.05, 0.1) is 35.8 Å². The Bertz CT molecular complexity index is 1330. The lowest BCUT2D eigenvalue weighted by molar-refractivity contribution is 0.0992. The number of nitrogens with zero attached hydrogens (tertiary/aromatic N) is 2. The van der Waals surface area contributed by atoms with Crippen molar-refractivity contribution in [2.45, 2.75) is 27.0 Å². The first kappa shape index (κ1) is 23.7. The molecule has 0 atom stereocenters. The van der Waals surface area contributed by atoms with Crippen molar-refractivity contribution < 1.29 is 18.7 Å². The van der Waals surface area contributed by atoms with Crippen LogP contribution in [-0.4, -0.2) is 22.8 Å².